The Morgan fingerprint density at radius 3 is 1.22 bits per heavy atom. The van der Waals surface area contributed by atoms with Gasteiger partial charge in [0.2, 0.25) is 0 Å². The van der Waals surface area contributed by atoms with Crippen LogP contribution in [0.5, 0.6) is 0 Å². The minimum atomic E-state index is -4.41. The molecule has 2 atom stereocenters. The fourth-order valence-corrected chi connectivity index (χ4v) is 9.81. The van der Waals surface area contributed by atoms with Crippen LogP contribution < -0.4 is 0 Å². The van der Waals surface area contributed by atoms with E-state index in [1.54, 1.807) is 12.1 Å². The van der Waals surface area contributed by atoms with Crippen molar-refractivity contribution in [3.05, 3.63) is 58.7 Å². The van der Waals surface area contributed by atoms with Crippen molar-refractivity contribution in [2.75, 3.05) is 0 Å². The first kappa shape index (κ1) is 44.9. The van der Waals surface area contributed by atoms with Gasteiger partial charge in [-0.1, -0.05) is 142 Å². The number of benzene rings is 2. The summed E-state index contributed by atoms with van der Waals surface area (Å²) in [5.41, 5.74) is 3.90. The molecule has 0 amide bonds. The van der Waals surface area contributed by atoms with Crippen molar-refractivity contribution >= 4 is 65.7 Å². The summed E-state index contributed by atoms with van der Waals surface area (Å²) < 4.78 is 70.9. The average molecular weight is 791 g/mol. The summed E-state index contributed by atoms with van der Waals surface area (Å²) in [5.74, 6) is 1.60. The molecule has 2 aromatic rings. The largest absolute Gasteiger partial charge is 2.00 e. The number of hydrogen-bond acceptors (Lipinski definition) is 6. The van der Waals surface area contributed by atoms with E-state index in [1.807, 2.05) is 12.1 Å². The SMILES string of the molecule is CCCCC(CC)Cc1cccc(S(=O)(=O)[O-])c1C1CCCCC1.CCCCC(CC)Cc1cccc(S(=O)(=O)[O-])c1C1CCCCC1.[Sr+2]. The van der Waals surface area contributed by atoms with Gasteiger partial charge in [-0.25, -0.2) is 16.8 Å². The molecular weight excluding hydrogens is 728 g/mol. The van der Waals surface area contributed by atoms with Gasteiger partial charge in [0.15, 0.2) is 0 Å². The molecular formula is C40H62O6S2Sr. The summed E-state index contributed by atoms with van der Waals surface area (Å²) >= 11 is 0. The van der Waals surface area contributed by atoms with Crippen molar-refractivity contribution in [3.63, 3.8) is 0 Å². The van der Waals surface area contributed by atoms with Crippen molar-refractivity contribution in [1.29, 1.82) is 0 Å². The van der Waals surface area contributed by atoms with E-state index in [4.69, 9.17) is 0 Å². The second kappa shape index (κ2) is 22.7. The van der Waals surface area contributed by atoms with Gasteiger partial charge < -0.3 is 9.11 Å². The van der Waals surface area contributed by atoms with Gasteiger partial charge in [-0.15, -0.1) is 0 Å². The van der Waals surface area contributed by atoms with E-state index in [9.17, 15) is 25.9 Å². The Kier molecular flexibility index (Phi) is 20.8. The van der Waals surface area contributed by atoms with Crippen LogP contribution in [0, 0.1) is 11.8 Å². The predicted octanol–water partition coefficient (Wildman–Crippen LogP) is 10.4. The zero-order valence-corrected chi connectivity index (χ0v) is 36.0. The molecule has 0 radical (unpaired) electrons. The molecule has 49 heavy (non-hydrogen) atoms. The number of rotatable bonds is 16. The monoisotopic (exact) mass is 790 g/mol. The summed E-state index contributed by atoms with van der Waals surface area (Å²) in [6.45, 7) is 8.80. The van der Waals surface area contributed by atoms with E-state index < -0.39 is 20.2 Å². The molecule has 0 bridgehead atoms. The maximum atomic E-state index is 11.8. The molecule has 2 aromatic carbocycles. The van der Waals surface area contributed by atoms with Crippen LogP contribution in [0.2, 0.25) is 0 Å². The van der Waals surface area contributed by atoms with E-state index >= 15 is 0 Å². The van der Waals surface area contributed by atoms with Gasteiger partial charge in [-0.3, -0.25) is 0 Å². The minimum Gasteiger partial charge on any atom is -0.744 e. The van der Waals surface area contributed by atoms with Crippen LogP contribution in [0.4, 0.5) is 0 Å². The molecule has 0 spiro atoms. The molecule has 4 rings (SSSR count). The van der Waals surface area contributed by atoms with Crippen molar-refractivity contribution in [1.82, 2.24) is 0 Å². The van der Waals surface area contributed by atoms with E-state index in [0.29, 0.717) is 11.8 Å². The normalized spacial score (nSPS) is 17.4. The molecule has 9 heteroatoms. The van der Waals surface area contributed by atoms with Gasteiger partial charge in [0.25, 0.3) is 0 Å². The van der Waals surface area contributed by atoms with Gasteiger partial charge in [0.1, 0.15) is 20.2 Å². The van der Waals surface area contributed by atoms with Gasteiger partial charge >= 0.3 is 45.5 Å². The Labute approximate surface area is 336 Å². The Morgan fingerprint density at radius 2 is 0.939 bits per heavy atom. The Hall–Kier alpha value is -0.259. The number of unbranched alkanes of at least 4 members (excludes halogenated alkanes) is 2. The van der Waals surface area contributed by atoms with Gasteiger partial charge in [0.05, 0.1) is 9.79 Å². The maximum absolute atomic E-state index is 11.8. The van der Waals surface area contributed by atoms with E-state index in [0.717, 1.165) is 99.3 Å². The van der Waals surface area contributed by atoms with Crippen LogP contribution in [0.25, 0.3) is 0 Å². The van der Waals surface area contributed by atoms with Crippen LogP contribution in [0.15, 0.2) is 46.2 Å². The molecule has 0 saturated heterocycles. The standard InChI is InChI=1S/2C20H32O3S.Sr/c2*1-3-5-10-16(4-2)15-18-13-9-14-19(24(21,22)23)20(18)17-11-7-6-8-12-17;/h2*9,13-14,16-17H,3-8,10-12,15H2,1-2H3,(H,21,22,23);/q;;+2/p-2. The molecule has 0 N–H and O–H groups in total. The molecule has 2 aliphatic rings. The van der Waals surface area contributed by atoms with Gasteiger partial charge in [0, 0.05) is 0 Å². The van der Waals surface area contributed by atoms with Crippen LogP contribution in [0.3, 0.4) is 0 Å². The Bertz CT molecular complexity index is 1350. The third-order valence-corrected chi connectivity index (χ3v) is 12.8. The second-order valence-corrected chi connectivity index (χ2v) is 17.2. The predicted molar refractivity (Wildman–Crippen MR) is 200 cm³/mol. The van der Waals surface area contributed by atoms with Crippen molar-refractivity contribution < 1.29 is 25.9 Å². The summed E-state index contributed by atoms with van der Waals surface area (Å²) in [7, 11) is -8.83. The Balaban J connectivity index is 0.000000333. The third-order valence-electron chi connectivity index (χ3n) is 11.0. The van der Waals surface area contributed by atoms with Gasteiger partial charge in [-0.05, 0) is 96.6 Å². The number of hydrogen-bond donors (Lipinski definition) is 0. The van der Waals surface area contributed by atoms with E-state index in [1.165, 1.54) is 63.5 Å². The molecule has 6 nitrogen and oxygen atoms in total. The second-order valence-electron chi connectivity index (χ2n) is 14.5. The molecule has 2 unspecified atom stereocenters. The van der Waals surface area contributed by atoms with Crippen molar-refractivity contribution in [2.24, 2.45) is 11.8 Å². The molecule has 272 valence electrons. The molecule has 0 aromatic heterocycles. The topological polar surface area (TPSA) is 114 Å². The fourth-order valence-electron chi connectivity index (χ4n) is 8.19. The molecule has 2 saturated carbocycles. The zero-order chi connectivity index (χ0) is 35.2. The summed E-state index contributed by atoms with van der Waals surface area (Å²) in [6, 6.07) is 10.6. The Morgan fingerprint density at radius 1 is 0.592 bits per heavy atom. The first-order valence-electron chi connectivity index (χ1n) is 19.1. The van der Waals surface area contributed by atoms with Crippen molar-refractivity contribution in [2.45, 2.75) is 178 Å². The van der Waals surface area contributed by atoms with Crippen LogP contribution in [-0.4, -0.2) is 71.4 Å². The zero-order valence-electron chi connectivity index (χ0n) is 30.9. The maximum Gasteiger partial charge on any atom is 2.00 e. The van der Waals surface area contributed by atoms with Gasteiger partial charge in [-0.2, -0.15) is 0 Å². The quantitative estimate of drug-likeness (QED) is 0.124. The van der Waals surface area contributed by atoms with Crippen LogP contribution in [0.1, 0.15) is 177 Å². The van der Waals surface area contributed by atoms with Crippen molar-refractivity contribution in [3.8, 4) is 0 Å². The average Bonchev–Trinajstić information content (AvgIpc) is 3.08. The summed E-state index contributed by atoms with van der Waals surface area (Å²) in [5, 5.41) is 0. The molecule has 0 aliphatic heterocycles. The fraction of sp³-hybridized carbons (Fsp3) is 0.700. The smallest absolute Gasteiger partial charge is 0.744 e. The molecule has 2 aliphatic carbocycles. The van der Waals surface area contributed by atoms with E-state index in [-0.39, 0.29) is 67.1 Å². The molecule has 0 heterocycles. The summed E-state index contributed by atoms with van der Waals surface area (Å²) in [6.07, 6.45) is 22.1. The van der Waals surface area contributed by atoms with Crippen LogP contribution in [-0.2, 0) is 33.1 Å². The third kappa shape index (κ3) is 14.2. The first-order chi connectivity index (χ1) is 22.9. The molecule has 2 fully saturated rings. The summed E-state index contributed by atoms with van der Waals surface area (Å²) in [4.78, 5) is 0.0782. The minimum absolute atomic E-state index is 0. The van der Waals surface area contributed by atoms with E-state index in [2.05, 4.69) is 27.7 Å². The van der Waals surface area contributed by atoms with Crippen LogP contribution >= 0.6 is 0 Å². The first-order valence-corrected chi connectivity index (χ1v) is 21.9.